The molecular formula is C7H18ClNO. The highest BCUT2D eigenvalue weighted by molar-refractivity contribution is 4.16. The predicted molar refractivity (Wildman–Crippen MR) is 39.1 cm³/mol. The Bertz CT molecular complexity index is 76.0. The van der Waals surface area contributed by atoms with Crippen molar-refractivity contribution in [2.45, 2.75) is 13.8 Å². The van der Waals surface area contributed by atoms with E-state index in [0.29, 0.717) is 0 Å². The third-order valence-electron chi connectivity index (χ3n) is 1.50. The van der Waals surface area contributed by atoms with Crippen molar-refractivity contribution in [3.63, 3.8) is 0 Å². The first-order valence-electron chi connectivity index (χ1n) is 3.52. The van der Waals surface area contributed by atoms with Crippen LogP contribution in [0.5, 0.6) is 0 Å². The van der Waals surface area contributed by atoms with Crippen molar-refractivity contribution in [3.8, 4) is 0 Å². The summed E-state index contributed by atoms with van der Waals surface area (Å²) in [5.41, 5.74) is 0. The SMILES string of the molecule is CCOC[N+](C)(C)CC.[Cl-]. The molecule has 0 atom stereocenters. The van der Waals surface area contributed by atoms with E-state index in [1.807, 2.05) is 6.92 Å². The minimum absolute atomic E-state index is 0. The fourth-order valence-electron chi connectivity index (χ4n) is 0.430. The summed E-state index contributed by atoms with van der Waals surface area (Å²) in [6.07, 6.45) is 0. The van der Waals surface area contributed by atoms with Crippen LogP contribution in [0.1, 0.15) is 13.8 Å². The predicted octanol–water partition coefficient (Wildman–Crippen LogP) is -1.92. The molecule has 0 aliphatic rings. The lowest BCUT2D eigenvalue weighted by molar-refractivity contribution is -0.907. The monoisotopic (exact) mass is 167 g/mol. The summed E-state index contributed by atoms with van der Waals surface area (Å²) < 4.78 is 6.21. The van der Waals surface area contributed by atoms with E-state index in [4.69, 9.17) is 4.74 Å². The van der Waals surface area contributed by atoms with Gasteiger partial charge in [0.1, 0.15) is 0 Å². The second kappa shape index (κ2) is 5.96. The van der Waals surface area contributed by atoms with Gasteiger partial charge in [-0.25, -0.2) is 0 Å². The number of hydrogen-bond donors (Lipinski definition) is 0. The summed E-state index contributed by atoms with van der Waals surface area (Å²) in [6, 6.07) is 0. The Hall–Kier alpha value is 0.210. The molecule has 0 N–H and O–H groups in total. The summed E-state index contributed by atoms with van der Waals surface area (Å²) in [5, 5.41) is 0. The van der Waals surface area contributed by atoms with Gasteiger partial charge in [0.2, 0.25) is 0 Å². The van der Waals surface area contributed by atoms with Crippen LogP contribution in [0, 0.1) is 0 Å². The number of hydrogen-bond acceptors (Lipinski definition) is 1. The molecule has 0 aromatic heterocycles. The lowest BCUT2D eigenvalue weighted by Crippen LogP contribution is -3.00. The third kappa shape index (κ3) is 6.33. The van der Waals surface area contributed by atoms with Crippen molar-refractivity contribution in [2.24, 2.45) is 0 Å². The molecule has 0 aliphatic carbocycles. The Kier molecular flexibility index (Phi) is 7.65. The second-order valence-corrected chi connectivity index (χ2v) is 2.87. The van der Waals surface area contributed by atoms with Gasteiger partial charge in [0.15, 0.2) is 6.73 Å². The van der Waals surface area contributed by atoms with Gasteiger partial charge in [-0.05, 0) is 13.8 Å². The van der Waals surface area contributed by atoms with Gasteiger partial charge in [-0.2, -0.15) is 0 Å². The molecule has 0 saturated carbocycles. The zero-order valence-electron chi connectivity index (χ0n) is 7.35. The van der Waals surface area contributed by atoms with Crippen LogP contribution in [0.4, 0.5) is 0 Å². The fourth-order valence-corrected chi connectivity index (χ4v) is 0.430. The molecule has 0 radical (unpaired) electrons. The molecule has 10 heavy (non-hydrogen) atoms. The lowest BCUT2D eigenvalue weighted by Gasteiger charge is -2.26. The summed E-state index contributed by atoms with van der Waals surface area (Å²) in [6.45, 7) is 6.96. The van der Waals surface area contributed by atoms with Gasteiger partial charge in [0.05, 0.1) is 20.6 Å². The molecule has 3 heteroatoms. The molecule has 0 aromatic carbocycles. The Morgan fingerprint density at radius 2 is 1.70 bits per heavy atom. The Morgan fingerprint density at radius 3 is 2.00 bits per heavy atom. The van der Waals surface area contributed by atoms with Crippen molar-refractivity contribution < 1.29 is 21.6 Å². The van der Waals surface area contributed by atoms with Crippen LogP contribution in [0.3, 0.4) is 0 Å². The quantitative estimate of drug-likeness (QED) is 0.351. The lowest BCUT2D eigenvalue weighted by atomic mass is 10.5. The van der Waals surface area contributed by atoms with E-state index in [0.717, 1.165) is 24.4 Å². The van der Waals surface area contributed by atoms with Gasteiger partial charge in [-0.15, -0.1) is 0 Å². The van der Waals surface area contributed by atoms with Crippen molar-refractivity contribution in [3.05, 3.63) is 0 Å². The smallest absolute Gasteiger partial charge is 0.182 e. The highest BCUT2D eigenvalue weighted by Crippen LogP contribution is 1.94. The second-order valence-electron chi connectivity index (χ2n) is 2.87. The van der Waals surface area contributed by atoms with Crippen molar-refractivity contribution >= 4 is 0 Å². The van der Waals surface area contributed by atoms with Crippen LogP contribution in [0.25, 0.3) is 0 Å². The number of rotatable bonds is 4. The van der Waals surface area contributed by atoms with Gasteiger partial charge >= 0.3 is 0 Å². The van der Waals surface area contributed by atoms with Crippen LogP contribution in [-0.2, 0) is 4.74 Å². The summed E-state index contributed by atoms with van der Waals surface area (Å²) >= 11 is 0. The maximum Gasteiger partial charge on any atom is 0.182 e. The van der Waals surface area contributed by atoms with Crippen LogP contribution in [0.15, 0.2) is 0 Å². The van der Waals surface area contributed by atoms with Gasteiger partial charge in [-0.1, -0.05) is 0 Å². The maximum absolute atomic E-state index is 5.26. The molecule has 0 bridgehead atoms. The van der Waals surface area contributed by atoms with Crippen molar-refractivity contribution in [2.75, 3.05) is 34.0 Å². The fraction of sp³-hybridized carbons (Fsp3) is 1.00. The summed E-state index contributed by atoms with van der Waals surface area (Å²) in [4.78, 5) is 0. The molecule has 0 amide bonds. The molecule has 0 heterocycles. The average molecular weight is 168 g/mol. The minimum atomic E-state index is 0. The third-order valence-corrected chi connectivity index (χ3v) is 1.50. The average Bonchev–Trinajstić information content (AvgIpc) is 1.84. The molecule has 0 fully saturated rings. The Morgan fingerprint density at radius 1 is 1.20 bits per heavy atom. The van der Waals surface area contributed by atoms with Crippen LogP contribution in [0.2, 0.25) is 0 Å². The van der Waals surface area contributed by atoms with E-state index in [9.17, 15) is 0 Å². The molecular weight excluding hydrogens is 150 g/mol. The first kappa shape index (κ1) is 12.8. The summed E-state index contributed by atoms with van der Waals surface area (Å²) in [5.74, 6) is 0. The van der Waals surface area contributed by atoms with Gasteiger partial charge in [0, 0.05) is 6.61 Å². The maximum atomic E-state index is 5.26. The highest BCUT2D eigenvalue weighted by Gasteiger charge is 2.09. The molecule has 2 nitrogen and oxygen atoms in total. The van der Waals surface area contributed by atoms with E-state index in [-0.39, 0.29) is 12.4 Å². The molecule has 0 rings (SSSR count). The molecule has 0 unspecified atom stereocenters. The van der Waals surface area contributed by atoms with Gasteiger partial charge in [0.25, 0.3) is 0 Å². The minimum Gasteiger partial charge on any atom is -1.00 e. The van der Waals surface area contributed by atoms with Crippen LogP contribution < -0.4 is 12.4 Å². The van der Waals surface area contributed by atoms with Crippen molar-refractivity contribution in [1.29, 1.82) is 0 Å². The molecule has 64 valence electrons. The normalized spacial score (nSPS) is 10.8. The first-order valence-corrected chi connectivity index (χ1v) is 3.52. The molecule has 0 spiro atoms. The van der Waals surface area contributed by atoms with Gasteiger partial charge < -0.3 is 21.6 Å². The topological polar surface area (TPSA) is 9.23 Å². The number of ether oxygens (including phenoxy) is 1. The number of halogens is 1. The van der Waals surface area contributed by atoms with E-state index in [1.165, 1.54) is 0 Å². The van der Waals surface area contributed by atoms with E-state index >= 15 is 0 Å². The standard InChI is InChI=1S/C7H18NO.ClH/c1-5-8(3,4)7-9-6-2;/h5-7H2,1-4H3;1H/q+1;/p-1. The molecule has 0 aliphatic heterocycles. The Balaban J connectivity index is 0. The summed E-state index contributed by atoms with van der Waals surface area (Å²) in [7, 11) is 4.32. The largest absolute Gasteiger partial charge is 1.00 e. The van der Waals surface area contributed by atoms with E-state index in [2.05, 4.69) is 21.0 Å². The van der Waals surface area contributed by atoms with Gasteiger partial charge in [-0.3, -0.25) is 0 Å². The molecule has 0 aromatic rings. The van der Waals surface area contributed by atoms with E-state index < -0.39 is 0 Å². The zero-order valence-corrected chi connectivity index (χ0v) is 8.11. The Labute approximate surface area is 70.2 Å². The number of quaternary nitrogens is 1. The van der Waals surface area contributed by atoms with E-state index in [1.54, 1.807) is 0 Å². The first-order chi connectivity index (χ1) is 4.12. The van der Waals surface area contributed by atoms with Crippen LogP contribution in [-0.4, -0.2) is 38.5 Å². The van der Waals surface area contributed by atoms with Crippen molar-refractivity contribution in [1.82, 2.24) is 0 Å². The number of nitrogens with zero attached hydrogens (tertiary/aromatic N) is 1. The molecule has 0 saturated heterocycles. The zero-order chi connectivity index (χ0) is 7.33. The highest BCUT2D eigenvalue weighted by atomic mass is 35.5. The van der Waals surface area contributed by atoms with Crippen LogP contribution >= 0.6 is 0 Å².